The molecule has 2 aromatic heterocycles. The van der Waals surface area contributed by atoms with E-state index in [4.69, 9.17) is 8.83 Å². The van der Waals surface area contributed by atoms with Gasteiger partial charge in [-0.05, 0) is 117 Å². The number of rotatable bonds is 8. The third-order valence-corrected chi connectivity index (χ3v) is 12.3. The van der Waals surface area contributed by atoms with Crippen molar-refractivity contribution in [2.75, 3.05) is 4.90 Å². The summed E-state index contributed by atoms with van der Waals surface area (Å²) >= 11 is 0. The second-order valence-corrected chi connectivity index (χ2v) is 16.0. The molecule has 0 saturated carbocycles. The van der Waals surface area contributed by atoms with E-state index < -0.39 is 0 Å². The normalized spacial score (nSPS) is 11.5. The van der Waals surface area contributed by atoms with Crippen LogP contribution in [0.4, 0.5) is 17.1 Å². The van der Waals surface area contributed by atoms with E-state index in [9.17, 15) is 0 Å². The maximum absolute atomic E-state index is 6.35. The molecule has 63 heavy (non-hydrogen) atoms. The Morgan fingerprint density at radius 2 is 0.730 bits per heavy atom. The van der Waals surface area contributed by atoms with Crippen molar-refractivity contribution in [2.45, 2.75) is 0 Å². The quantitative estimate of drug-likeness (QED) is 0.153. The van der Waals surface area contributed by atoms with Crippen LogP contribution in [-0.2, 0) is 0 Å². The lowest BCUT2D eigenvalue weighted by molar-refractivity contribution is 0.668. The summed E-state index contributed by atoms with van der Waals surface area (Å²) in [7, 11) is 0. The Balaban J connectivity index is 1.06. The molecular formula is C60H39NO2. The van der Waals surface area contributed by atoms with Crippen molar-refractivity contribution < 1.29 is 8.83 Å². The van der Waals surface area contributed by atoms with Crippen molar-refractivity contribution in [1.82, 2.24) is 0 Å². The molecule has 0 amide bonds. The van der Waals surface area contributed by atoms with Gasteiger partial charge < -0.3 is 13.7 Å². The molecule has 0 N–H and O–H groups in total. The average Bonchev–Trinajstić information content (AvgIpc) is 3.93. The molecule has 0 atom stereocenters. The van der Waals surface area contributed by atoms with Gasteiger partial charge in [-0.2, -0.15) is 0 Å². The fourth-order valence-corrected chi connectivity index (χ4v) is 9.28. The fraction of sp³-hybridized carbons (Fsp3) is 0. The zero-order chi connectivity index (χ0) is 41.7. The van der Waals surface area contributed by atoms with Gasteiger partial charge in [-0.15, -0.1) is 0 Å². The lowest BCUT2D eigenvalue weighted by Crippen LogP contribution is -2.11. The van der Waals surface area contributed by atoms with Gasteiger partial charge in [0.05, 0.1) is 5.69 Å². The molecule has 0 aliphatic carbocycles. The Morgan fingerprint density at radius 1 is 0.238 bits per heavy atom. The van der Waals surface area contributed by atoms with Gasteiger partial charge in [-0.1, -0.05) is 170 Å². The van der Waals surface area contributed by atoms with Gasteiger partial charge in [0.15, 0.2) is 0 Å². The molecule has 12 rings (SSSR count). The molecule has 0 bridgehead atoms. The van der Waals surface area contributed by atoms with Crippen molar-refractivity contribution in [3.05, 3.63) is 237 Å². The molecule has 10 aromatic carbocycles. The molecule has 0 spiro atoms. The summed E-state index contributed by atoms with van der Waals surface area (Å²) in [6, 6.07) is 84.4. The maximum atomic E-state index is 6.35. The molecule has 0 aliphatic rings. The molecule has 3 heteroatoms. The zero-order valence-electron chi connectivity index (χ0n) is 34.3. The van der Waals surface area contributed by atoms with E-state index in [0.29, 0.717) is 0 Å². The first kappa shape index (κ1) is 36.5. The molecule has 3 nitrogen and oxygen atoms in total. The number of benzene rings is 10. The highest BCUT2D eigenvalue weighted by atomic mass is 16.3. The minimum Gasteiger partial charge on any atom is -0.456 e. The first-order chi connectivity index (χ1) is 31.2. The van der Waals surface area contributed by atoms with E-state index >= 15 is 0 Å². The highest BCUT2D eigenvalue weighted by Crippen LogP contribution is 2.47. The third-order valence-electron chi connectivity index (χ3n) is 12.3. The molecule has 296 valence electrons. The number of para-hydroxylation sites is 3. The smallest absolute Gasteiger partial charge is 0.136 e. The number of hydrogen-bond acceptors (Lipinski definition) is 3. The van der Waals surface area contributed by atoms with Crippen LogP contribution >= 0.6 is 0 Å². The topological polar surface area (TPSA) is 29.5 Å². The first-order valence-corrected chi connectivity index (χ1v) is 21.4. The van der Waals surface area contributed by atoms with Gasteiger partial charge in [-0.3, -0.25) is 0 Å². The standard InChI is InChI=1S/C60H39NO2/c1-3-15-40(16-4-1)43-29-34-49(48-20-8-7-19-47(48)42-17-5-2-6-18-42)54(37-43)50-21-9-12-24-56(50)61(46-33-36-59-55(39-46)52-23-11-14-26-58(52)62-59)45-31-27-41(28-32-45)44-30-35-53-51-22-10-13-25-57(51)63-60(53)38-44/h1-39H. The van der Waals surface area contributed by atoms with Gasteiger partial charge in [-0.25, -0.2) is 0 Å². The number of nitrogens with zero attached hydrogens (tertiary/aromatic N) is 1. The largest absolute Gasteiger partial charge is 0.456 e. The van der Waals surface area contributed by atoms with Crippen LogP contribution in [0.2, 0.25) is 0 Å². The van der Waals surface area contributed by atoms with Crippen molar-refractivity contribution >= 4 is 60.9 Å². The molecule has 0 unspecified atom stereocenters. The molecular weight excluding hydrogens is 767 g/mol. The van der Waals surface area contributed by atoms with E-state index in [2.05, 4.69) is 217 Å². The van der Waals surface area contributed by atoms with Crippen LogP contribution in [0.25, 0.3) is 99.5 Å². The summed E-state index contributed by atoms with van der Waals surface area (Å²) in [6.07, 6.45) is 0. The zero-order valence-corrected chi connectivity index (χ0v) is 34.3. The Labute approximate surface area is 365 Å². The lowest BCUT2D eigenvalue weighted by atomic mass is 9.86. The second kappa shape index (κ2) is 15.3. The fourth-order valence-electron chi connectivity index (χ4n) is 9.28. The van der Waals surface area contributed by atoms with Crippen molar-refractivity contribution in [3.63, 3.8) is 0 Å². The predicted molar refractivity (Wildman–Crippen MR) is 263 cm³/mol. The second-order valence-electron chi connectivity index (χ2n) is 16.0. The van der Waals surface area contributed by atoms with Crippen molar-refractivity contribution in [2.24, 2.45) is 0 Å². The monoisotopic (exact) mass is 805 g/mol. The van der Waals surface area contributed by atoms with Gasteiger partial charge >= 0.3 is 0 Å². The molecule has 0 fully saturated rings. The van der Waals surface area contributed by atoms with Crippen LogP contribution in [0.15, 0.2) is 245 Å². The van der Waals surface area contributed by atoms with Crippen LogP contribution in [0.5, 0.6) is 0 Å². The summed E-state index contributed by atoms with van der Waals surface area (Å²) < 4.78 is 12.6. The van der Waals surface area contributed by atoms with Crippen LogP contribution in [0.3, 0.4) is 0 Å². The van der Waals surface area contributed by atoms with Crippen LogP contribution in [-0.4, -0.2) is 0 Å². The lowest BCUT2D eigenvalue weighted by Gasteiger charge is -2.29. The van der Waals surface area contributed by atoms with Crippen LogP contribution in [0, 0.1) is 0 Å². The minimum absolute atomic E-state index is 0.861. The van der Waals surface area contributed by atoms with E-state index in [-0.39, 0.29) is 0 Å². The minimum atomic E-state index is 0.861. The average molecular weight is 806 g/mol. The number of furan rings is 2. The third kappa shape index (κ3) is 6.46. The van der Waals surface area contributed by atoms with E-state index in [1.54, 1.807) is 0 Å². The molecule has 0 aliphatic heterocycles. The Bertz CT molecular complexity index is 3620. The van der Waals surface area contributed by atoms with Gasteiger partial charge in [0, 0.05) is 38.5 Å². The summed E-state index contributed by atoms with van der Waals surface area (Å²) in [5.74, 6) is 0. The van der Waals surface area contributed by atoms with Crippen LogP contribution < -0.4 is 4.90 Å². The predicted octanol–water partition coefficient (Wildman–Crippen LogP) is 17.3. The van der Waals surface area contributed by atoms with Crippen molar-refractivity contribution in [1.29, 1.82) is 0 Å². The highest BCUT2D eigenvalue weighted by Gasteiger charge is 2.22. The van der Waals surface area contributed by atoms with E-state index in [1.807, 2.05) is 24.3 Å². The first-order valence-electron chi connectivity index (χ1n) is 21.4. The SMILES string of the molecule is c1ccc(-c2ccc(-c3ccccc3-c3ccccc3)c(-c3ccccc3N(c3ccc(-c4ccc5c(c4)oc4ccccc45)cc3)c3ccc4oc5ccccc5c4c3)c2)cc1. The van der Waals surface area contributed by atoms with Crippen LogP contribution in [0.1, 0.15) is 0 Å². The summed E-state index contributed by atoms with van der Waals surface area (Å²) in [5.41, 5.74) is 18.2. The summed E-state index contributed by atoms with van der Waals surface area (Å²) in [5, 5.41) is 4.42. The molecule has 0 saturated heterocycles. The molecule has 12 aromatic rings. The molecule has 0 radical (unpaired) electrons. The summed E-state index contributed by atoms with van der Waals surface area (Å²) in [4.78, 5) is 2.39. The van der Waals surface area contributed by atoms with Gasteiger partial charge in [0.2, 0.25) is 0 Å². The Morgan fingerprint density at radius 3 is 1.49 bits per heavy atom. The van der Waals surface area contributed by atoms with Crippen molar-refractivity contribution in [3.8, 4) is 55.6 Å². The molecule has 2 heterocycles. The van der Waals surface area contributed by atoms with E-state index in [1.165, 1.54) is 22.3 Å². The Hall–Kier alpha value is -8.40. The van der Waals surface area contributed by atoms with Gasteiger partial charge in [0.1, 0.15) is 22.3 Å². The Kier molecular flexibility index (Phi) is 8.83. The summed E-state index contributed by atoms with van der Waals surface area (Å²) in [6.45, 7) is 0. The van der Waals surface area contributed by atoms with E-state index in [0.717, 1.165) is 94.3 Å². The number of anilines is 3. The number of hydrogen-bond donors (Lipinski definition) is 0. The highest BCUT2D eigenvalue weighted by molar-refractivity contribution is 6.08. The number of fused-ring (bicyclic) bond motifs is 6. The van der Waals surface area contributed by atoms with Gasteiger partial charge in [0.25, 0.3) is 0 Å². The maximum Gasteiger partial charge on any atom is 0.136 e.